The van der Waals surface area contributed by atoms with Gasteiger partial charge in [-0.2, -0.15) is 0 Å². The Labute approximate surface area is 120 Å². The van der Waals surface area contributed by atoms with Gasteiger partial charge in [-0.1, -0.05) is 12.8 Å². The highest BCUT2D eigenvalue weighted by molar-refractivity contribution is 5.95. The normalized spacial score (nSPS) is 28.2. The van der Waals surface area contributed by atoms with Gasteiger partial charge in [0.1, 0.15) is 11.5 Å². The molecule has 2 fully saturated rings. The molecule has 3 rings (SSSR count). The number of nitrogens with one attached hydrogen (secondary N) is 2. The SMILES string of the molecule is O=C(Nc1c(F)cc(F)cc1F)C1CC2CCCCC2N1. The molecular weight excluding hydrogens is 281 g/mol. The summed E-state index contributed by atoms with van der Waals surface area (Å²) in [5.74, 6) is -3.22. The minimum absolute atomic E-state index is 0.317. The van der Waals surface area contributed by atoms with Gasteiger partial charge in [-0.05, 0) is 25.2 Å². The van der Waals surface area contributed by atoms with Crippen molar-refractivity contribution in [3.8, 4) is 0 Å². The molecule has 1 heterocycles. The van der Waals surface area contributed by atoms with Crippen LogP contribution in [0.1, 0.15) is 32.1 Å². The van der Waals surface area contributed by atoms with Crippen LogP contribution >= 0.6 is 0 Å². The second kappa shape index (κ2) is 5.67. The van der Waals surface area contributed by atoms with Crippen molar-refractivity contribution in [2.45, 2.75) is 44.2 Å². The molecule has 0 bridgehead atoms. The zero-order valence-corrected chi connectivity index (χ0v) is 11.5. The number of carbonyl (C=O) groups excluding carboxylic acids is 1. The van der Waals surface area contributed by atoms with Crippen LogP contribution in [0.25, 0.3) is 0 Å². The predicted octanol–water partition coefficient (Wildman–Crippen LogP) is 2.96. The topological polar surface area (TPSA) is 41.1 Å². The van der Waals surface area contributed by atoms with Crippen LogP contribution in [-0.2, 0) is 4.79 Å². The molecule has 1 amide bonds. The molecule has 0 spiro atoms. The largest absolute Gasteiger partial charge is 0.320 e. The van der Waals surface area contributed by atoms with Crippen LogP contribution in [0.15, 0.2) is 12.1 Å². The van der Waals surface area contributed by atoms with Crippen molar-refractivity contribution < 1.29 is 18.0 Å². The van der Waals surface area contributed by atoms with Crippen LogP contribution in [0.3, 0.4) is 0 Å². The summed E-state index contributed by atoms with van der Waals surface area (Å²) in [4.78, 5) is 12.1. The van der Waals surface area contributed by atoms with E-state index in [-0.39, 0.29) is 0 Å². The van der Waals surface area contributed by atoms with Crippen molar-refractivity contribution in [3.05, 3.63) is 29.6 Å². The Bertz CT molecular complexity index is 527. The number of anilines is 1. The van der Waals surface area contributed by atoms with Crippen molar-refractivity contribution >= 4 is 11.6 Å². The van der Waals surface area contributed by atoms with Gasteiger partial charge in [-0.15, -0.1) is 0 Å². The molecule has 1 saturated carbocycles. The average Bonchev–Trinajstić information content (AvgIpc) is 2.86. The lowest BCUT2D eigenvalue weighted by atomic mass is 9.85. The lowest BCUT2D eigenvalue weighted by Crippen LogP contribution is -2.40. The van der Waals surface area contributed by atoms with Crippen LogP contribution < -0.4 is 10.6 Å². The van der Waals surface area contributed by atoms with E-state index in [1.165, 1.54) is 6.42 Å². The van der Waals surface area contributed by atoms with Crippen LogP contribution in [0.5, 0.6) is 0 Å². The first kappa shape index (κ1) is 14.4. The molecule has 0 aromatic heterocycles. The Morgan fingerprint density at radius 3 is 2.48 bits per heavy atom. The number of hydrogen-bond donors (Lipinski definition) is 2. The number of amides is 1. The van der Waals surface area contributed by atoms with E-state index in [0.29, 0.717) is 30.5 Å². The standard InChI is InChI=1S/C15H17F3N2O/c16-9-6-10(17)14(11(18)7-9)20-15(21)13-5-8-3-1-2-4-12(8)19-13/h6-8,12-13,19H,1-5H2,(H,20,21). The second-order valence-electron chi connectivity index (χ2n) is 5.84. The van der Waals surface area contributed by atoms with Gasteiger partial charge in [0.2, 0.25) is 5.91 Å². The maximum absolute atomic E-state index is 13.5. The molecule has 1 aromatic rings. The Morgan fingerprint density at radius 2 is 1.81 bits per heavy atom. The summed E-state index contributed by atoms with van der Waals surface area (Å²) < 4.78 is 39.9. The fraction of sp³-hybridized carbons (Fsp3) is 0.533. The summed E-state index contributed by atoms with van der Waals surface area (Å²) in [7, 11) is 0. The van der Waals surface area contributed by atoms with Gasteiger partial charge in [-0.25, -0.2) is 13.2 Å². The molecule has 1 saturated heterocycles. The Hall–Kier alpha value is -1.56. The summed E-state index contributed by atoms with van der Waals surface area (Å²) in [6, 6.07) is 0.987. The van der Waals surface area contributed by atoms with Crippen LogP contribution in [0, 0.1) is 23.4 Å². The molecule has 3 atom stereocenters. The van der Waals surface area contributed by atoms with Gasteiger partial charge in [0.15, 0.2) is 11.6 Å². The average molecular weight is 298 g/mol. The zero-order valence-electron chi connectivity index (χ0n) is 11.5. The van der Waals surface area contributed by atoms with Gasteiger partial charge in [0.05, 0.1) is 6.04 Å². The van der Waals surface area contributed by atoms with E-state index in [2.05, 4.69) is 10.6 Å². The zero-order chi connectivity index (χ0) is 15.0. The third-order valence-corrected chi connectivity index (χ3v) is 4.43. The highest BCUT2D eigenvalue weighted by Gasteiger charge is 2.38. The van der Waals surface area contributed by atoms with E-state index in [1.54, 1.807) is 0 Å². The smallest absolute Gasteiger partial charge is 0.241 e. The molecule has 6 heteroatoms. The van der Waals surface area contributed by atoms with E-state index in [9.17, 15) is 18.0 Å². The number of fused-ring (bicyclic) bond motifs is 1. The first-order valence-corrected chi connectivity index (χ1v) is 7.26. The molecule has 3 nitrogen and oxygen atoms in total. The molecule has 2 N–H and O–H groups in total. The van der Waals surface area contributed by atoms with E-state index < -0.39 is 35.1 Å². The molecule has 1 aliphatic carbocycles. The third kappa shape index (κ3) is 2.90. The minimum Gasteiger partial charge on any atom is -0.320 e. The van der Waals surface area contributed by atoms with Gasteiger partial charge >= 0.3 is 0 Å². The van der Waals surface area contributed by atoms with Gasteiger partial charge in [-0.3, -0.25) is 4.79 Å². The Kier molecular flexibility index (Phi) is 3.89. The molecular formula is C15H17F3N2O. The number of carbonyl (C=O) groups is 1. The molecule has 114 valence electrons. The first-order valence-electron chi connectivity index (χ1n) is 7.26. The van der Waals surface area contributed by atoms with E-state index in [0.717, 1.165) is 19.3 Å². The van der Waals surface area contributed by atoms with E-state index in [4.69, 9.17) is 0 Å². The van der Waals surface area contributed by atoms with Gasteiger partial charge < -0.3 is 10.6 Å². The van der Waals surface area contributed by atoms with E-state index in [1.807, 2.05) is 0 Å². The number of halogens is 3. The number of hydrogen-bond acceptors (Lipinski definition) is 2. The lowest BCUT2D eigenvalue weighted by molar-refractivity contribution is -0.117. The van der Waals surface area contributed by atoms with Crippen molar-refractivity contribution in [1.29, 1.82) is 0 Å². The molecule has 0 radical (unpaired) electrons. The lowest BCUT2D eigenvalue weighted by Gasteiger charge is -2.24. The van der Waals surface area contributed by atoms with Crippen LogP contribution in [0.2, 0.25) is 0 Å². The molecule has 2 aliphatic rings. The molecule has 1 aliphatic heterocycles. The Balaban J connectivity index is 1.70. The second-order valence-corrected chi connectivity index (χ2v) is 5.84. The Morgan fingerprint density at radius 1 is 1.14 bits per heavy atom. The van der Waals surface area contributed by atoms with Crippen LogP contribution in [0.4, 0.5) is 18.9 Å². The molecule has 21 heavy (non-hydrogen) atoms. The summed E-state index contributed by atoms with van der Waals surface area (Å²) in [6.45, 7) is 0. The maximum atomic E-state index is 13.5. The number of benzene rings is 1. The third-order valence-electron chi connectivity index (χ3n) is 4.43. The van der Waals surface area contributed by atoms with Crippen molar-refractivity contribution in [2.24, 2.45) is 5.92 Å². The minimum atomic E-state index is -1.10. The monoisotopic (exact) mass is 298 g/mol. The highest BCUT2D eigenvalue weighted by Crippen LogP contribution is 2.33. The molecule has 1 aromatic carbocycles. The predicted molar refractivity (Wildman–Crippen MR) is 72.2 cm³/mol. The van der Waals surface area contributed by atoms with Crippen molar-refractivity contribution in [2.75, 3.05) is 5.32 Å². The van der Waals surface area contributed by atoms with Crippen molar-refractivity contribution in [3.63, 3.8) is 0 Å². The quantitative estimate of drug-likeness (QED) is 0.881. The fourth-order valence-corrected chi connectivity index (χ4v) is 3.39. The van der Waals surface area contributed by atoms with Crippen molar-refractivity contribution in [1.82, 2.24) is 5.32 Å². The highest BCUT2D eigenvalue weighted by atomic mass is 19.1. The summed E-state index contributed by atoms with van der Waals surface area (Å²) in [6.07, 6.45) is 5.11. The van der Waals surface area contributed by atoms with Crippen LogP contribution in [-0.4, -0.2) is 18.0 Å². The molecule has 3 unspecified atom stereocenters. The van der Waals surface area contributed by atoms with E-state index >= 15 is 0 Å². The van der Waals surface area contributed by atoms with Gasteiger partial charge in [0, 0.05) is 18.2 Å². The summed E-state index contributed by atoms with van der Waals surface area (Å²) in [5.41, 5.74) is -0.585. The number of rotatable bonds is 2. The summed E-state index contributed by atoms with van der Waals surface area (Å²) in [5, 5.41) is 5.47. The first-order chi connectivity index (χ1) is 10.0. The van der Waals surface area contributed by atoms with Gasteiger partial charge in [0.25, 0.3) is 0 Å². The summed E-state index contributed by atoms with van der Waals surface area (Å²) >= 11 is 0. The fourth-order valence-electron chi connectivity index (χ4n) is 3.39. The maximum Gasteiger partial charge on any atom is 0.241 e.